The minimum atomic E-state index is -5.08. The molecule has 0 radical (unpaired) electrons. The number of aromatic nitrogens is 1. The summed E-state index contributed by atoms with van der Waals surface area (Å²) in [5.41, 5.74) is 13.3. The van der Waals surface area contributed by atoms with Gasteiger partial charge in [0.2, 0.25) is 0 Å². The van der Waals surface area contributed by atoms with Crippen molar-refractivity contribution >= 4 is 29.3 Å². The van der Waals surface area contributed by atoms with Gasteiger partial charge in [0.15, 0.2) is 11.5 Å². The molecule has 2 aromatic carbocycles. The van der Waals surface area contributed by atoms with E-state index >= 15 is 0 Å². The third kappa shape index (κ3) is 10.8. The van der Waals surface area contributed by atoms with E-state index < -0.39 is 30.0 Å². The second-order valence-corrected chi connectivity index (χ2v) is 9.34. The summed E-state index contributed by atoms with van der Waals surface area (Å²) in [6.07, 6.45) is -3.57. The van der Waals surface area contributed by atoms with Crippen LogP contribution < -0.4 is 31.4 Å². The van der Waals surface area contributed by atoms with Crippen molar-refractivity contribution in [3.63, 3.8) is 0 Å². The summed E-state index contributed by atoms with van der Waals surface area (Å²) < 4.78 is 43.3. The summed E-state index contributed by atoms with van der Waals surface area (Å²) in [6, 6.07) is 14.4. The zero-order chi connectivity index (χ0) is 33.0. The van der Waals surface area contributed by atoms with E-state index in [9.17, 15) is 22.8 Å². The molecular formula is C29H33F3N6O6. The molecule has 15 heteroatoms. The van der Waals surface area contributed by atoms with Crippen LogP contribution in [0.2, 0.25) is 0 Å². The van der Waals surface area contributed by atoms with E-state index in [1.807, 2.05) is 27.7 Å². The van der Waals surface area contributed by atoms with Crippen LogP contribution >= 0.6 is 0 Å². The molecule has 0 aliphatic heterocycles. The summed E-state index contributed by atoms with van der Waals surface area (Å²) in [6.45, 7) is 7.97. The SMILES string of the molecule is CCOc1cc(C(Nc2ccc(C(=N)N)cc2)C(=O)NNC(=O)c2ccc(C)cn2)ccc1OC(C)C.O=C(O)C(F)(F)F. The Hall–Kier alpha value is -5.34. The van der Waals surface area contributed by atoms with Gasteiger partial charge in [0, 0.05) is 17.4 Å². The fourth-order valence-electron chi connectivity index (χ4n) is 3.39. The van der Waals surface area contributed by atoms with Crippen molar-refractivity contribution in [3.8, 4) is 11.5 Å². The first kappa shape index (κ1) is 34.9. The summed E-state index contributed by atoms with van der Waals surface area (Å²) in [4.78, 5) is 38.8. The van der Waals surface area contributed by atoms with Gasteiger partial charge in [-0.25, -0.2) is 4.79 Å². The molecule has 0 saturated heterocycles. The monoisotopic (exact) mass is 618 g/mol. The second kappa shape index (κ2) is 15.8. The predicted molar refractivity (Wildman–Crippen MR) is 155 cm³/mol. The van der Waals surface area contributed by atoms with E-state index in [1.165, 1.54) is 0 Å². The molecule has 1 unspecified atom stereocenters. The van der Waals surface area contributed by atoms with Crippen LogP contribution in [0.4, 0.5) is 18.9 Å². The fraction of sp³-hybridized carbons (Fsp3) is 0.276. The highest BCUT2D eigenvalue weighted by atomic mass is 19.4. The number of halogens is 3. The number of hydrazine groups is 1. The number of anilines is 1. The number of carboxylic acid groups (broad SMARTS) is 1. The Balaban J connectivity index is 0.000000860. The third-order valence-corrected chi connectivity index (χ3v) is 5.42. The Morgan fingerprint density at radius 2 is 1.66 bits per heavy atom. The molecule has 0 fully saturated rings. The number of benzene rings is 2. The van der Waals surface area contributed by atoms with Crippen LogP contribution in [0.1, 0.15) is 54.0 Å². The van der Waals surface area contributed by atoms with Crippen molar-refractivity contribution in [1.29, 1.82) is 5.41 Å². The molecule has 1 atom stereocenters. The van der Waals surface area contributed by atoms with Crippen molar-refractivity contribution in [3.05, 3.63) is 83.2 Å². The lowest BCUT2D eigenvalue weighted by Crippen LogP contribution is -2.45. The summed E-state index contributed by atoms with van der Waals surface area (Å²) in [5, 5.41) is 17.9. The van der Waals surface area contributed by atoms with Crippen LogP contribution in [-0.4, -0.2) is 52.6 Å². The summed E-state index contributed by atoms with van der Waals surface area (Å²) in [5.74, 6) is -2.83. The zero-order valence-corrected chi connectivity index (χ0v) is 24.3. The number of ether oxygens (including phenoxy) is 2. The van der Waals surface area contributed by atoms with Gasteiger partial charge in [-0.1, -0.05) is 12.1 Å². The van der Waals surface area contributed by atoms with Gasteiger partial charge in [0.25, 0.3) is 11.8 Å². The van der Waals surface area contributed by atoms with Crippen LogP contribution in [0.5, 0.6) is 11.5 Å². The highest BCUT2D eigenvalue weighted by Crippen LogP contribution is 2.33. The minimum absolute atomic E-state index is 0.0598. The topological polar surface area (TPSA) is 189 Å². The zero-order valence-electron chi connectivity index (χ0n) is 24.3. The highest BCUT2D eigenvalue weighted by Gasteiger charge is 2.38. The van der Waals surface area contributed by atoms with Gasteiger partial charge in [0.05, 0.1) is 12.7 Å². The number of aryl methyl sites for hydroxylation is 1. The lowest BCUT2D eigenvalue weighted by atomic mass is 10.0. The lowest BCUT2D eigenvalue weighted by molar-refractivity contribution is -0.192. The molecule has 3 aromatic rings. The molecule has 2 amide bonds. The van der Waals surface area contributed by atoms with Crippen molar-refractivity contribution in [1.82, 2.24) is 15.8 Å². The van der Waals surface area contributed by atoms with Crippen LogP contribution in [0.3, 0.4) is 0 Å². The number of rotatable bonds is 10. The Labute approximate surface area is 251 Å². The van der Waals surface area contributed by atoms with Crippen LogP contribution in [0.25, 0.3) is 0 Å². The number of aliphatic carboxylic acids is 1. The highest BCUT2D eigenvalue weighted by molar-refractivity contribution is 5.96. The standard InChI is InChI=1S/C27H32N6O4.C2HF3O2/c1-5-36-23-14-19(9-13-22(23)37-16(2)3)24(31-20-10-7-18(8-11-20)25(28)29)27(35)33-32-26(34)21-12-6-17(4)15-30-21;3-2(4,5)1(6)7/h6-16,24,31H,5H2,1-4H3,(H3,28,29)(H,32,34)(H,33,35);(H,6,7). The van der Waals surface area contributed by atoms with Gasteiger partial charge < -0.3 is 25.6 Å². The summed E-state index contributed by atoms with van der Waals surface area (Å²) >= 11 is 0. The van der Waals surface area contributed by atoms with Crippen LogP contribution in [0.15, 0.2) is 60.8 Å². The number of carboxylic acids is 1. The molecule has 0 aliphatic rings. The van der Waals surface area contributed by atoms with Crippen molar-refractivity contribution in [2.75, 3.05) is 11.9 Å². The number of nitrogen functional groups attached to an aromatic ring is 1. The molecule has 236 valence electrons. The van der Waals surface area contributed by atoms with Crippen LogP contribution in [-0.2, 0) is 9.59 Å². The number of pyridine rings is 1. The van der Waals surface area contributed by atoms with Gasteiger partial charge >= 0.3 is 12.1 Å². The number of carbonyl (C=O) groups excluding carboxylic acids is 2. The molecule has 0 aliphatic carbocycles. The van der Waals surface area contributed by atoms with E-state index in [4.69, 9.17) is 30.5 Å². The number of amidine groups is 1. The molecular weight excluding hydrogens is 585 g/mol. The smallest absolute Gasteiger partial charge is 0.490 e. The minimum Gasteiger partial charge on any atom is -0.490 e. The molecule has 7 N–H and O–H groups in total. The molecule has 0 bridgehead atoms. The predicted octanol–water partition coefficient (Wildman–Crippen LogP) is 4.11. The maximum atomic E-state index is 13.3. The van der Waals surface area contributed by atoms with Crippen LogP contribution in [0, 0.1) is 12.3 Å². The first-order valence-corrected chi connectivity index (χ1v) is 13.1. The molecule has 0 saturated carbocycles. The molecule has 1 aromatic heterocycles. The molecule has 1 heterocycles. The van der Waals surface area contributed by atoms with Gasteiger partial charge in [-0.3, -0.25) is 30.8 Å². The molecule has 3 rings (SSSR count). The number of hydrogen-bond donors (Lipinski definition) is 6. The van der Waals surface area contributed by atoms with E-state index in [2.05, 4.69) is 21.2 Å². The number of nitrogens with one attached hydrogen (secondary N) is 4. The van der Waals surface area contributed by atoms with Gasteiger partial charge in [-0.2, -0.15) is 13.2 Å². The number of alkyl halides is 3. The summed E-state index contributed by atoms with van der Waals surface area (Å²) in [7, 11) is 0. The Morgan fingerprint density at radius 3 is 2.16 bits per heavy atom. The number of nitrogens with zero attached hydrogens (tertiary/aromatic N) is 1. The van der Waals surface area contributed by atoms with Crippen molar-refractivity contribution < 1.29 is 42.1 Å². The fourth-order valence-corrected chi connectivity index (χ4v) is 3.39. The van der Waals surface area contributed by atoms with Crippen molar-refractivity contribution in [2.45, 2.75) is 46.0 Å². The van der Waals surface area contributed by atoms with Gasteiger partial charge in [-0.05, 0) is 81.3 Å². The number of hydrogen-bond acceptors (Lipinski definition) is 8. The number of carbonyl (C=O) groups is 3. The van der Waals surface area contributed by atoms with Gasteiger partial charge in [0.1, 0.15) is 17.6 Å². The Morgan fingerprint density at radius 1 is 1.02 bits per heavy atom. The van der Waals surface area contributed by atoms with E-state index in [0.29, 0.717) is 34.9 Å². The van der Waals surface area contributed by atoms with E-state index in [-0.39, 0.29) is 17.6 Å². The maximum absolute atomic E-state index is 13.3. The van der Waals surface area contributed by atoms with E-state index in [1.54, 1.807) is 60.8 Å². The second-order valence-electron chi connectivity index (χ2n) is 9.34. The average molecular weight is 619 g/mol. The quantitative estimate of drug-likeness (QED) is 0.110. The third-order valence-electron chi connectivity index (χ3n) is 5.42. The maximum Gasteiger partial charge on any atom is 0.490 e. The average Bonchev–Trinajstić information content (AvgIpc) is 2.95. The number of nitrogens with two attached hydrogens (primary N) is 1. The van der Waals surface area contributed by atoms with Crippen molar-refractivity contribution in [2.24, 2.45) is 5.73 Å². The van der Waals surface area contributed by atoms with E-state index in [0.717, 1.165) is 5.56 Å². The Bertz CT molecular complexity index is 1450. The largest absolute Gasteiger partial charge is 0.490 e. The first-order valence-electron chi connectivity index (χ1n) is 13.1. The molecule has 12 nitrogen and oxygen atoms in total. The first-order chi connectivity index (χ1) is 20.6. The Kier molecular flexibility index (Phi) is 12.5. The number of amides is 2. The lowest BCUT2D eigenvalue weighted by Gasteiger charge is -2.22. The molecule has 44 heavy (non-hydrogen) atoms. The molecule has 0 spiro atoms. The van der Waals surface area contributed by atoms with Gasteiger partial charge in [-0.15, -0.1) is 0 Å². The normalized spacial score (nSPS) is 11.4.